The van der Waals surface area contributed by atoms with Crippen molar-refractivity contribution in [3.05, 3.63) is 36.0 Å². The molecule has 2 aromatic rings. The molecule has 0 saturated carbocycles. The van der Waals surface area contributed by atoms with Crippen LogP contribution in [-0.2, 0) is 0 Å². The third-order valence-corrected chi connectivity index (χ3v) is 3.77. The third kappa shape index (κ3) is 3.04. The number of rotatable bonds is 5. The quantitative estimate of drug-likeness (QED) is 0.862. The average Bonchev–Trinajstić information content (AvgIpc) is 2.44. The second kappa shape index (κ2) is 5.57. The fourth-order valence-corrected chi connectivity index (χ4v) is 2.21. The lowest BCUT2D eigenvalue weighted by atomic mass is 9.97. The molecule has 0 fully saturated rings. The number of hydrogen-bond acceptors (Lipinski definition) is 3. The number of para-hydroxylation sites is 1. The molecule has 102 valence electrons. The number of nitrogens with one attached hydrogen (secondary N) is 1. The summed E-state index contributed by atoms with van der Waals surface area (Å²) in [5.74, 6) is 0. The van der Waals surface area contributed by atoms with Gasteiger partial charge in [0.2, 0.25) is 0 Å². The van der Waals surface area contributed by atoms with E-state index in [9.17, 15) is 5.11 Å². The van der Waals surface area contributed by atoms with Gasteiger partial charge in [0.25, 0.3) is 0 Å². The Kier molecular flexibility index (Phi) is 4.05. The first-order valence-corrected chi connectivity index (χ1v) is 6.90. The second-order valence-electron chi connectivity index (χ2n) is 5.11. The predicted molar refractivity (Wildman–Crippen MR) is 80.5 cm³/mol. The summed E-state index contributed by atoms with van der Waals surface area (Å²) in [5.41, 5.74) is 2.38. The van der Waals surface area contributed by atoms with Gasteiger partial charge in [0.1, 0.15) is 0 Å². The Morgan fingerprint density at radius 3 is 2.58 bits per heavy atom. The maximum absolute atomic E-state index is 10.4. The molecule has 0 aliphatic rings. The van der Waals surface area contributed by atoms with E-state index in [1.165, 1.54) is 0 Å². The lowest BCUT2D eigenvalue weighted by Crippen LogP contribution is -2.35. The number of anilines is 1. The summed E-state index contributed by atoms with van der Waals surface area (Å²) >= 11 is 0. The van der Waals surface area contributed by atoms with E-state index in [4.69, 9.17) is 0 Å². The van der Waals surface area contributed by atoms with Crippen LogP contribution in [0.2, 0.25) is 0 Å². The molecule has 1 aromatic heterocycles. The van der Waals surface area contributed by atoms with Crippen LogP contribution < -0.4 is 5.32 Å². The van der Waals surface area contributed by atoms with Crippen molar-refractivity contribution in [1.29, 1.82) is 0 Å². The highest BCUT2D eigenvalue weighted by atomic mass is 16.3. The molecule has 0 atom stereocenters. The van der Waals surface area contributed by atoms with Crippen LogP contribution >= 0.6 is 0 Å². The lowest BCUT2D eigenvalue weighted by Gasteiger charge is -2.26. The normalized spacial score (nSPS) is 11.8. The molecule has 0 aliphatic heterocycles. The fraction of sp³-hybridized carbons (Fsp3) is 0.438. The zero-order chi connectivity index (χ0) is 13.9. The molecule has 0 bridgehead atoms. The molecule has 1 aromatic carbocycles. The molecule has 0 radical (unpaired) electrons. The number of nitrogens with zero attached hydrogens (tertiary/aromatic N) is 1. The third-order valence-electron chi connectivity index (χ3n) is 3.77. The molecule has 2 N–H and O–H groups in total. The Morgan fingerprint density at radius 2 is 1.89 bits per heavy atom. The average molecular weight is 258 g/mol. The first kappa shape index (κ1) is 13.8. The Balaban J connectivity index is 2.30. The predicted octanol–water partition coefficient (Wildman–Crippen LogP) is 3.51. The van der Waals surface area contributed by atoms with Crippen LogP contribution in [0.3, 0.4) is 0 Å². The minimum Gasteiger partial charge on any atom is -0.388 e. The van der Waals surface area contributed by atoms with Crippen molar-refractivity contribution >= 4 is 16.6 Å². The Morgan fingerprint density at radius 1 is 1.21 bits per heavy atom. The fourth-order valence-electron chi connectivity index (χ4n) is 2.21. The van der Waals surface area contributed by atoms with Gasteiger partial charge in [-0.25, -0.2) is 0 Å². The molecular weight excluding hydrogens is 236 g/mol. The van der Waals surface area contributed by atoms with E-state index in [2.05, 4.69) is 16.4 Å². The van der Waals surface area contributed by atoms with Gasteiger partial charge < -0.3 is 10.4 Å². The molecule has 0 unspecified atom stereocenters. The number of benzene rings is 1. The van der Waals surface area contributed by atoms with Gasteiger partial charge in [0.05, 0.1) is 11.1 Å². The minimum atomic E-state index is -0.641. The molecule has 2 rings (SSSR count). The van der Waals surface area contributed by atoms with Gasteiger partial charge in [-0.3, -0.25) is 4.98 Å². The zero-order valence-electron chi connectivity index (χ0n) is 11.9. The minimum absolute atomic E-state index is 0.563. The van der Waals surface area contributed by atoms with Crippen LogP contribution in [0.1, 0.15) is 32.4 Å². The van der Waals surface area contributed by atoms with E-state index in [0.29, 0.717) is 6.54 Å². The molecule has 3 nitrogen and oxygen atoms in total. The monoisotopic (exact) mass is 258 g/mol. The van der Waals surface area contributed by atoms with Gasteiger partial charge in [0, 0.05) is 23.3 Å². The summed E-state index contributed by atoms with van der Waals surface area (Å²) in [4.78, 5) is 4.52. The van der Waals surface area contributed by atoms with E-state index >= 15 is 0 Å². The molecular formula is C16H22N2O. The maximum atomic E-state index is 10.4. The van der Waals surface area contributed by atoms with Crippen LogP contribution in [-0.4, -0.2) is 22.2 Å². The number of pyridine rings is 1. The van der Waals surface area contributed by atoms with E-state index in [0.717, 1.165) is 35.1 Å². The van der Waals surface area contributed by atoms with Gasteiger partial charge in [-0.1, -0.05) is 32.0 Å². The van der Waals surface area contributed by atoms with Gasteiger partial charge in [0.15, 0.2) is 0 Å². The van der Waals surface area contributed by atoms with Crippen molar-refractivity contribution in [2.45, 2.75) is 39.2 Å². The second-order valence-corrected chi connectivity index (χ2v) is 5.11. The Hall–Kier alpha value is -1.61. The van der Waals surface area contributed by atoms with Crippen molar-refractivity contribution in [2.75, 3.05) is 11.9 Å². The molecule has 3 heteroatoms. The summed E-state index contributed by atoms with van der Waals surface area (Å²) in [7, 11) is 0. The number of fused-ring (bicyclic) bond motifs is 1. The van der Waals surface area contributed by atoms with E-state index < -0.39 is 5.60 Å². The lowest BCUT2D eigenvalue weighted by molar-refractivity contribution is 0.0457. The summed E-state index contributed by atoms with van der Waals surface area (Å²) in [6.07, 6.45) is 1.50. The van der Waals surface area contributed by atoms with Crippen molar-refractivity contribution in [3.8, 4) is 0 Å². The maximum Gasteiger partial charge on any atom is 0.0814 e. The number of aromatic nitrogens is 1. The van der Waals surface area contributed by atoms with Crippen molar-refractivity contribution in [1.82, 2.24) is 4.98 Å². The van der Waals surface area contributed by atoms with Crippen LogP contribution in [0.15, 0.2) is 30.3 Å². The number of aryl methyl sites for hydroxylation is 1. The van der Waals surface area contributed by atoms with Gasteiger partial charge in [-0.2, -0.15) is 0 Å². The first-order valence-electron chi connectivity index (χ1n) is 6.90. The van der Waals surface area contributed by atoms with E-state index in [-0.39, 0.29) is 0 Å². The van der Waals surface area contributed by atoms with Crippen LogP contribution in [0.5, 0.6) is 0 Å². The number of aliphatic hydroxyl groups is 1. The van der Waals surface area contributed by atoms with Crippen molar-refractivity contribution in [2.24, 2.45) is 0 Å². The van der Waals surface area contributed by atoms with E-state index in [1.807, 2.05) is 45.0 Å². The smallest absolute Gasteiger partial charge is 0.0814 e. The van der Waals surface area contributed by atoms with Crippen molar-refractivity contribution in [3.63, 3.8) is 0 Å². The van der Waals surface area contributed by atoms with Crippen LogP contribution in [0, 0.1) is 6.92 Å². The molecule has 0 saturated heterocycles. The topological polar surface area (TPSA) is 45.1 Å². The molecule has 0 amide bonds. The van der Waals surface area contributed by atoms with Crippen LogP contribution in [0.25, 0.3) is 10.9 Å². The Bertz CT molecular complexity index is 562. The standard InChI is InChI=1S/C16H22N2O/c1-4-16(19,5-2)11-17-15-10-12(3)18-14-9-7-6-8-13(14)15/h6-10,19H,4-5,11H2,1-3H3,(H,17,18). The SMILES string of the molecule is CCC(O)(CC)CNc1cc(C)nc2ccccc12. The summed E-state index contributed by atoms with van der Waals surface area (Å²) in [6.45, 7) is 6.58. The highest BCUT2D eigenvalue weighted by Crippen LogP contribution is 2.24. The van der Waals surface area contributed by atoms with E-state index in [1.54, 1.807) is 0 Å². The van der Waals surface area contributed by atoms with Crippen LogP contribution in [0.4, 0.5) is 5.69 Å². The summed E-state index contributed by atoms with van der Waals surface area (Å²) < 4.78 is 0. The van der Waals surface area contributed by atoms with Crippen molar-refractivity contribution < 1.29 is 5.11 Å². The molecule has 1 heterocycles. The van der Waals surface area contributed by atoms with Gasteiger partial charge in [-0.05, 0) is 31.9 Å². The molecule has 0 aliphatic carbocycles. The zero-order valence-corrected chi connectivity index (χ0v) is 11.9. The molecule has 19 heavy (non-hydrogen) atoms. The molecule has 0 spiro atoms. The summed E-state index contributed by atoms with van der Waals surface area (Å²) in [6, 6.07) is 10.1. The largest absolute Gasteiger partial charge is 0.388 e. The Labute approximate surface area is 114 Å². The highest BCUT2D eigenvalue weighted by molar-refractivity contribution is 5.91. The highest BCUT2D eigenvalue weighted by Gasteiger charge is 2.21. The van der Waals surface area contributed by atoms with Gasteiger partial charge >= 0.3 is 0 Å². The van der Waals surface area contributed by atoms with Gasteiger partial charge in [-0.15, -0.1) is 0 Å². The summed E-state index contributed by atoms with van der Waals surface area (Å²) in [5, 5.41) is 14.8. The number of hydrogen-bond donors (Lipinski definition) is 2. The first-order chi connectivity index (χ1) is 9.08.